The molecule has 0 aliphatic carbocycles. The highest BCUT2D eigenvalue weighted by Gasteiger charge is 2.28. The third kappa shape index (κ3) is 3.51. The highest BCUT2D eigenvalue weighted by molar-refractivity contribution is 9.10. The molecule has 0 saturated carbocycles. The predicted octanol–water partition coefficient (Wildman–Crippen LogP) is 1.95. The fourth-order valence-electron chi connectivity index (χ4n) is 2.41. The number of anilines is 1. The largest absolute Gasteiger partial charge is 0.480 e. The van der Waals surface area contributed by atoms with Crippen LogP contribution >= 0.6 is 15.9 Å². The number of benzene rings is 1. The van der Waals surface area contributed by atoms with Gasteiger partial charge in [0.05, 0.1) is 4.92 Å². The first kappa shape index (κ1) is 15.7. The number of nitro benzene ring substituents is 1. The molecule has 21 heavy (non-hydrogen) atoms. The molecule has 1 aromatic rings. The van der Waals surface area contributed by atoms with Crippen LogP contribution in [0.5, 0.6) is 0 Å². The van der Waals surface area contributed by atoms with Crippen molar-refractivity contribution in [3.8, 4) is 0 Å². The Balaban J connectivity index is 2.14. The smallest absolute Gasteiger partial charge is 0.320 e. The molecular formula is C13H16BrN3O4. The topological polar surface area (TPSA) is 86.9 Å². The third-order valence-electron chi connectivity index (χ3n) is 3.69. The van der Waals surface area contributed by atoms with E-state index in [4.69, 9.17) is 5.11 Å². The zero-order valence-corrected chi connectivity index (χ0v) is 13.1. The molecule has 1 heterocycles. The number of nitro groups is 1. The molecule has 8 heteroatoms. The van der Waals surface area contributed by atoms with Crippen molar-refractivity contribution in [3.05, 3.63) is 32.8 Å². The van der Waals surface area contributed by atoms with Crippen molar-refractivity contribution < 1.29 is 14.8 Å². The lowest BCUT2D eigenvalue weighted by Gasteiger charge is -2.37. The van der Waals surface area contributed by atoms with Crippen molar-refractivity contribution in [2.24, 2.45) is 0 Å². The van der Waals surface area contributed by atoms with Gasteiger partial charge < -0.3 is 10.0 Å². The summed E-state index contributed by atoms with van der Waals surface area (Å²) >= 11 is 3.33. The van der Waals surface area contributed by atoms with Crippen LogP contribution in [0.2, 0.25) is 0 Å². The average molecular weight is 358 g/mol. The summed E-state index contributed by atoms with van der Waals surface area (Å²) in [6, 6.07) is 4.31. The van der Waals surface area contributed by atoms with Crippen LogP contribution in [0.25, 0.3) is 0 Å². The zero-order valence-electron chi connectivity index (χ0n) is 11.5. The zero-order chi connectivity index (χ0) is 15.6. The van der Waals surface area contributed by atoms with Gasteiger partial charge in [-0.15, -0.1) is 0 Å². The van der Waals surface area contributed by atoms with Crippen LogP contribution in [-0.4, -0.2) is 53.1 Å². The third-order valence-corrected chi connectivity index (χ3v) is 4.19. The number of hydrogen-bond donors (Lipinski definition) is 1. The predicted molar refractivity (Wildman–Crippen MR) is 81.7 cm³/mol. The van der Waals surface area contributed by atoms with Crippen LogP contribution in [0.15, 0.2) is 22.7 Å². The Labute approximate surface area is 130 Å². The highest BCUT2D eigenvalue weighted by Crippen LogP contribution is 2.32. The van der Waals surface area contributed by atoms with Gasteiger partial charge in [-0.25, -0.2) is 0 Å². The second kappa shape index (κ2) is 6.40. The number of carboxylic acid groups (broad SMARTS) is 1. The fourth-order valence-corrected chi connectivity index (χ4v) is 2.76. The Bertz CT molecular complexity index is 558. The van der Waals surface area contributed by atoms with Gasteiger partial charge in [-0.3, -0.25) is 19.8 Å². The number of carboxylic acids is 1. The Morgan fingerprint density at radius 2 is 2.00 bits per heavy atom. The Morgan fingerprint density at radius 1 is 1.38 bits per heavy atom. The molecule has 1 fully saturated rings. The summed E-state index contributed by atoms with van der Waals surface area (Å²) in [5.41, 5.74) is 0.634. The van der Waals surface area contributed by atoms with E-state index in [2.05, 4.69) is 15.9 Å². The molecule has 7 nitrogen and oxygen atoms in total. The van der Waals surface area contributed by atoms with Gasteiger partial charge in [0.15, 0.2) is 0 Å². The van der Waals surface area contributed by atoms with E-state index in [0.29, 0.717) is 31.9 Å². The van der Waals surface area contributed by atoms with Crippen LogP contribution in [0.1, 0.15) is 6.92 Å². The summed E-state index contributed by atoms with van der Waals surface area (Å²) in [7, 11) is 0. The first-order valence-corrected chi connectivity index (χ1v) is 7.35. The van der Waals surface area contributed by atoms with Crippen LogP contribution in [-0.2, 0) is 4.79 Å². The van der Waals surface area contributed by atoms with Crippen LogP contribution in [0, 0.1) is 10.1 Å². The van der Waals surface area contributed by atoms with E-state index in [9.17, 15) is 14.9 Å². The van der Waals surface area contributed by atoms with Crippen LogP contribution in [0.4, 0.5) is 11.4 Å². The van der Waals surface area contributed by atoms with Crippen LogP contribution < -0.4 is 4.90 Å². The Kier molecular flexibility index (Phi) is 4.79. The number of aliphatic carboxylic acids is 1. The van der Waals surface area contributed by atoms with Gasteiger partial charge in [0.2, 0.25) is 0 Å². The molecule has 1 unspecified atom stereocenters. The number of carbonyl (C=O) groups is 1. The standard InChI is InChI=1S/C13H16BrN3O4/c1-9(13(18)19)15-4-6-16(7-5-15)12-8-10(14)2-3-11(12)17(20)21/h2-3,8-9H,4-7H2,1H3,(H,18,19). The first-order chi connectivity index (χ1) is 9.90. The fraction of sp³-hybridized carbons (Fsp3) is 0.462. The van der Waals surface area contributed by atoms with E-state index in [1.54, 1.807) is 19.1 Å². The van der Waals surface area contributed by atoms with Crippen molar-refractivity contribution in [2.45, 2.75) is 13.0 Å². The summed E-state index contributed by atoms with van der Waals surface area (Å²) in [4.78, 5) is 25.5. The van der Waals surface area contributed by atoms with E-state index in [1.165, 1.54) is 6.07 Å². The summed E-state index contributed by atoms with van der Waals surface area (Å²) in [5, 5.41) is 20.1. The monoisotopic (exact) mass is 357 g/mol. The molecule has 114 valence electrons. The maximum atomic E-state index is 11.1. The number of piperazine rings is 1. The summed E-state index contributed by atoms with van der Waals surface area (Å²) in [5.74, 6) is -0.850. The maximum absolute atomic E-state index is 11.1. The van der Waals surface area contributed by atoms with E-state index >= 15 is 0 Å². The molecule has 0 spiro atoms. The summed E-state index contributed by atoms with van der Waals surface area (Å²) in [6.07, 6.45) is 0. The molecule has 1 aliphatic rings. The number of halogens is 1. The molecule has 1 saturated heterocycles. The normalized spacial score (nSPS) is 17.5. The van der Waals surface area contributed by atoms with Crippen molar-refractivity contribution in [1.82, 2.24) is 4.90 Å². The minimum atomic E-state index is -0.850. The summed E-state index contributed by atoms with van der Waals surface area (Å²) in [6.45, 7) is 3.91. The SMILES string of the molecule is CC(C(=O)O)N1CCN(c2cc(Br)ccc2[N+](=O)[O-])CC1. The van der Waals surface area contributed by atoms with Crippen molar-refractivity contribution in [3.63, 3.8) is 0 Å². The minimum Gasteiger partial charge on any atom is -0.480 e. The van der Waals surface area contributed by atoms with Gasteiger partial charge in [0.25, 0.3) is 5.69 Å². The first-order valence-electron chi connectivity index (χ1n) is 6.56. The summed E-state index contributed by atoms with van der Waals surface area (Å²) < 4.78 is 0.782. The molecule has 0 radical (unpaired) electrons. The molecule has 1 atom stereocenters. The Hall–Kier alpha value is -1.67. The molecule has 1 aromatic carbocycles. The lowest BCUT2D eigenvalue weighted by molar-refractivity contribution is -0.384. The Morgan fingerprint density at radius 3 is 2.52 bits per heavy atom. The van der Waals surface area contributed by atoms with Gasteiger partial charge >= 0.3 is 5.97 Å². The quantitative estimate of drug-likeness (QED) is 0.654. The van der Waals surface area contributed by atoms with Gasteiger partial charge in [0, 0.05) is 36.7 Å². The lowest BCUT2D eigenvalue weighted by Crippen LogP contribution is -2.51. The maximum Gasteiger partial charge on any atom is 0.320 e. The number of nitrogens with zero attached hydrogens (tertiary/aromatic N) is 3. The lowest BCUT2D eigenvalue weighted by atomic mass is 10.2. The molecule has 0 amide bonds. The van der Waals surface area contributed by atoms with Crippen LogP contribution in [0.3, 0.4) is 0 Å². The van der Waals surface area contributed by atoms with Gasteiger partial charge in [-0.1, -0.05) is 15.9 Å². The molecule has 2 rings (SSSR count). The second-order valence-corrected chi connectivity index (χ2v) is 5.84. The minimum absolute atomic E-state index is 0.0675. The molecule has 0 aromatic heterocycles. The highest BCUT2D eigenvalue weighted by atomic mass is 79.9. The number of rotatable bonds is 4. The van der Waals surface area contributed by atoms with Crippen molar-refractivity contribution in [1.29, 1.82) is 0 Å². The van der Waals surface area contributed by atoms with Crippen molar-refractivity contribution >= 4 is 33.3 Å². The van der Waals surface area contributed by atoms with Gasteiger partial charge in [-0.05, 0) is 19.1 Å². The molecular weight excluding hydrogens is 342 g/mol. The molecule has 1 aliphatic heterocycles. The number of hydrogen-bond acceptors (Lipinski definition) is 5. The van der Waals surface area contributed by atoms with E-state index < -0.39 is 16.9 Å². The molecule has 0 bridgehead atoms. The van der Waals surface area contributed by atoms with E-state index in [-0.39, 0.29) is 5.69 Å². The average Bonchev–Trinajstić information content (AvgIpc) is 2.46. The van der Waals surface area contributed by atoms with Gasteiger partial charge in [-0.2, -0.15) is 0 Å². The van der Waals surface area contributed by atoms with E-state index in [1.807, 2.05) is 9.80 Å². The van der Waals surface area contributed by atoms with Gasteiger partial charge in [0.1, 0.15) is 11.7 Å². The molecule has 1 N–H and O–H groups in total. The second-order valence-electron chi connectivity index (χ2n) is 4.93. The van der Waals surface area contributed by atoms with E-state index in [0.717, 1.165) is 4.47 Å². The van der Waals surface area contributed by atoms with Crippen molar-refractivity contribution in [2.75, 3.05) is 31.1 Å².